The molecule has 9 nitrogen and oxygen atoms in total. The average Bonchev–Trinajstić information content (AvgIpc) is 2.93. The Hall–Kier alpha value is -3.77. The van der Waals surface area contributed by atoms with E-state index in [2.05, 4.69) is 21.3 Å². The Bertz CT molecular complexity index is 1180. The molecule has 0 aliphatic carbocycles. The van der Waals surface area contributed by atoms with Gasteiger partial charge in [0.1, 0.15) is 5.69 Å². The van der Waals surface area contributed by atoms with E-state index in [1.54, 1.807) is 17.0 Å². The first-order valence-corrected chi connectivity index (χ1v) is 13.2. The van der Waals surface area contributed by atoms with Crippen LogP contribution in [0.5, 0.6) is 0 Å². The molecule has 2 aliphatic rings. The van der Waals surface area contributed by atoms with Crippen LogP contribution in [-0.4, -0.2) is 82.7 Å². The summed E-state index contributed by atoms with van der Waals surface area (Å²) < 4.78 is 0. The van der Waals surface area contributed by atoms with Crippen molar-refractivity contribution < 1.29 is 14.4 Å². The molecule has 0 bridgehead atoms. The van der Waals surface area contributed by atoms with Crippen LogP contribution < -0.4 is 5.32 Å². The Morgan fingerprint density at radius 2 is 1.58 bits per heavy atom. The van der Waals surface area contributed by atoms with Crippen molar-refractivity contribution in [2.45, 2.75) is 46.2 Å². The van der Waals surface area contributed by atoms with Crippen LogP contribution in [0.1, 0.15) is 65.6 Å². The van der Waals surface area contributed by atoms with Crippen molar-refractivity contribution in [3.05, 3.63) is 65.0 Å². The summed E-state index contributed by atoms with van der Waals surface area (Å²) in [6, 6.07) is 13.1. The number of piperazine rings is 1. The molecule has 38 heavy (non-hydrogen) atoms. The number of aromatic nitrogens is 1. The Morgan fingerprint density at radius 3 is 2.13 bits per heavy atom. The second-order valence-electron chi connectivity index (χ2n) is 11.1. The number of benzene rings is 1. The van der Waals surface area contributed by atoms with Crippen molar-refractivity contribution in [2.75, 3.05) is 39.3 Å². The lowest BCUT2D eigenvalue weighted by Gasteiger charge is -2.37. The molecule has 0 saturated carbocycles. The minimum absolute atomic E-state index is 0.0786. The van der Waals surface area contributed by atoms with Gasteiger partial charge in [0, 0.05) is 63.5 Å². The fourth-order valence-electron chi connectivity index (χ4n) is 4.86. The molecule has 2 aliphatic heterocycles. The molecule has 4 rings (SSSR count). The highest BCUT2D eigenvalue weighted by atomic mass is 16.2. The van der Waals surface area contributed by atoms with Crippen molar-refractivity contribution in [2.24, 2.45) is 5.41 Å². The number of rotatable bonds is 5. The van der Waals surface area contributed by atoms with Crippen molar-refractivity contribution in [1.82, 2.24) is 25.0 Å². The molecule has 0 radical (unpaired) electrons. The van der Waals surface area contributed by atoms with Gasteiger partial charge in [0.15, 0.2) is 0 Å². The topological polar surface area (TPSA) is 110 Å². The molecule has 9 heteroatoms. The van der Waals surface area contributed by atoms with Gasteiger partial charge < -0.3 is 15.1 Å². The van der Waals surface area contributed by atoms with Crippen LogP contribution in [0.25, 0.3) is 0 Å². The molecule has 1 aromatic heterocycles. The SMILES string of the molecule is CC(C)(C)C(=O)N1CCN(C(=O)c2ccc(C(=O)NC3CCN(Cc4ccc(C#N)cc4)CC3)nc2)CC1. The number of carbonyl (C=O) groups excluding carboxylic acids is 3. The van der Waals surface area contributed by atoms with E-state index in [1.807, 2.05) is 49.9 Å². The highest BCUT2D eigenvalue weighted by molar-refractivity contribution is 5.96. The van der Waals surface area contributed by atoms with Crippen molar-refractivity contribution >= 4 is 17.7 Å². The molecular formula is C29H36N6O3. The lowest BCUT2D eigenvalue weighted by Crippen LogP contribution is -2.53. The smallest absolute Gasteiger partial charge is 0.270 e. The van der Waals surface area contributed by atoms with E-state index >= 15 is 0 Å². The quantitative estimate of drug-likeness (QED) is 0.654. The van der Waals surface area contributed by atoms with Gasteiger partial charge in [-0.3, -0.25) is 24.3 Å². The zero-order valence-electron chi connectivity index (χ0n) is 22.4. The monoisotopic (exact) mass is 516 g/mol. The number of pyridine rings is 1. The summed E-state index contributed by atoms with van der Waals surface area (Å²) >= 11 is 0. The van der Waals surface area contributed by atoms with Crippen LogP contribution in [0.4, 0.5) is 0 Å². The van der Waals surface area contributed by atoms with E-state index in [-0.39, 0.29) is 23.8 Å². The third-order valence-corrected chi connectivity index (χ3v) is 7.15. The van der Waals surface area contributed by atoms with E-state index in [0.29, 0.717) is 43.0 Å². The average molecular weight is 517 g/mol. The van der Waals surface area contributed by atoms with Gasteiger partial charge in [0.2, 0.25) is 5.91 Å². The summed E-state index contributed by atoms with van der Waals surface area (Å²) in [5.41, 5.74) is 2.13. The highest BCUT2D eigenvalue weighted by Gasteiger charge is 2.31. The number of carbonyl (C=O) groups is 3. The largest absolute Gasteiger partial charge is 0.348 e. The Balaban J connectivity index is 1.23. The normalized spacial score (nSPS) is 17.1. The van der Waals surface area contributed by atoms with Gasteiger partial charge in [-0.2, -0.15) is 5.26 Å². The summed E-state index contributed by atoms with van der Waals surface area (Å²) in [6.45, 7) is 10.3. The molecule has 3 heterocycles. The zero-order chi connectivity index (χ0) is 27.3. The number of likely N-dealkylation sites (tertiary alicyclic amines) is 1. The van der Waals surface area contributed by atoms with Crippen LogP contribution >= 0.6 is 0 Å². The fourth-order valence-corrected chi connectivity index (χ4v) is 4.86. The van der Waals surface area contributed by atoms with Crippen LogP contribution in [0.15, 0.2) is 42.6 Å². The molecule has 1 aromatic carbocycles. The standard InChI is InChI=1S/C29H36N6O3/c1-29(2,3)28(38)35-16-14-34(15-17-35)27(37)23-8-9-25(31-19-23)26(36)32-24-10-12-33(13-11-24)20-22-6-4-21(18-30)5-7-22/h4-9,19,24H,10-17,20H2,1-3H3,(H,32,36). The predicted octanol–water partition coefficient (Wildman–Crippen LogP) is 2.68. The van der Waals surface area contributed by atoms with E-state index < -0.39 is 5.41 Å². The molecule has 0 atom stereocenters. The molecule has 0 spiro atoms. The number of amides is 3. The number of hydrogen-bond acceptors (Lipinski definition) is 6. The van der Waals surface area contributed by atoms with E-state index in [0.717, 1.165) is 32.5 Å². The number of nitrogens with one attached hydrogen (secondary N) is 1. The number of nitriles is 1. The predicted molar refractivity (Wildman–Crippen MR) is 143 cm³/mol. The lowest BCUT2D eigenvalue weighted by molar-refractivity contribution is -0.140. The van der Waals surface area contributed by atoms with Crippen LogP contribution in [0, 0.1) is 16.7 Å². The minimum Gasteiger partial charge on any atom is -0.348 e. The second-order valence-corrected chi connectivity index (χ2v) is 11.1. The summed E-state index contributed by atoms with van der Waals surface area (Å²) in [5, 5.41) is 12.0. The van der Waals surface area contributed by atoms with Gasteiger partial charge in [0.25, 0.3) is 11.8 Å². The van der Waals surface area contributed by atoms with Gasteiger partial charge in [-0.25, -0.2) is 0 Å². The van der Waals surface area contributed by atoms with Gasteiger partial charge in [-0.1, -0.05) is 32.9 Å². The summed E-state index contributed by atoms with van der Waals surface area (Å²) in [6.07, 6.45) is 3.16. The Morgan fingerprint density at radius 1 is 0.947 bits per heavy atom. The van der Waals surface area contributed by atoms with Gasteiger partial charge in [-0.05, 0) is 42.7 Å². The van der Waals surface area contributed by atoms with Gasteiger partial charge in [-0.15, -0.1) is 0 Å². The molecule has 3 amide bonds. The maximum absolute atomic E-state index is 12.9. The summed E-state index contributed by atoms with van der Waals surface area (Å²) in [7, 11) is 0. The number of hydrogen-bond donors (Lipinski definition) is 1. The molecule has 200 valence electrons. The van der Waals surface area contributed by atoms with E-state index in [1.165, 1.54) is 11.8 Å². The number of piperidine rings is 1. The lowest BCUT2D eigenvalue weighted by atomic mass is 9.94. The zero-order valence-corrected chi connectivity index (χ0v) is 22.4. The molecule has 2 aromatic rings. The van der Waals surface area contributed by atoms with E-state index in [4.69, 9.17) is 5.26 Å². The molecule has 2 fully saturated rings. The van der Waals surface area contributed by atoms with Crippen molar-refractivity contribution in [1.29, 1.82) is 5.26 Å². The van der Waals surface area contributed by atoms with Gasteiger partial charge in [0.05, 0.1) is 17.2 Å². The summed E-state index contributed by atoms with van der Waals surface area (Å²) in [4.78, 5) is 48.3. The molecule has 1 N–H and O–H groups in total. The fraction of sp³-hybridized carbons (Fsp3) is 0.483. The molecule has 0 unspecified atom stereocenters. The first-order chi connectivity index (χ1) is 18.1. The maximum Gasteiger partial charge on any atom is 0.270 e. The van der Waals surface area contributed by atoms with Crippen LogP contribution in [0.3, 0.4) is 0 Å². The Labute approximate surface area is 224 Å². The van der Waals surface area contributed by atoms with Crippen LogP contribution in [0.2, 0.25) is 0 Å². The van der Waals surface area contributed by atoms with Crippen molar-refractivity contribution in [3.63, 3.8) is 0 Å². The van der Waals surface area contributed by atoms with Gasteiger partial charge >= 0.3 is 0 Å². The highest BCUT2D eigenvalue weighted by Crippen LogP contribution is 2.19. The maximum atomic E-state index is 12.9. The Kier molecular flexibility index (Phi) is 8.42. The molecule has 2 saturated heterocycles. The number of nitrogens with zero attached hydrogens (tertiary/aromatic N) is 5. The van der Waals surface area contributed by atoms with Crippen molar-refractivity contribution in [3.8, 4) is 6.07 Å². The third-order valence-electron chi connectivity index (χ3n) is 7.15. The minimum atomic E-state index is -0.435. The first-order valence-electron chi connectivity index (χ1n) is 13.2. The first kappa shape index (κ1) is 27.3. The van der Waals surface area contributed by atoms with Crippen LogP contribution in [-0.2, 0) is 11.3 Å². The second kappa shape index (κ2) is 11.7. The third kappa shape index (κ3) is 6.75. The molecular weight excluding hydrogens is 480 g/mol. The van der Waals surface area contributed by atoms with E-state index in [9.17, 15) is 14.4 Å². The summed E-state index contributed by atoms with van der Waals surface area (Å²) in [5.74, 6) is -0.274.